The molecule has 0 heterocycles. The van der Waals surface area contributed by atoms with Gasteiger partial charge in [-0.2, -0.15) is 0 Å². The molecule has 0 spiro atoms. The monoisotopic (exact) mass is 887 g/mol. The zero-order chi connectivity index (χ0) is 44.7. The number of nitrogen functional groups attached to an aromatic ring is 1. The number of hydrogen-bond donors (Lipinski definition) is 8. The van der Waals surface area contributed by atoms with Crippen LogP contribution in [-0.4, -0.2) is 67.9 Å². The number of ketones is 1. The van der Waals surface area contributed by atoms with Gasteiger partial charge in [0.25, 0.3) is 5.91 Å². The average molecular weight is 890 g/mol. The van der Waals surface area contributed by atoms with Gasteiger partial charge in [-0.15, -0.1) is 0 Å². The normalized spacial score (nSPS) is 12.4. The number of benzene rings is 4. The zero-order valence-electron chi connectivity index (χ0n) is 32.1. The number of aliphatic carboxylic acids is 1. The Labute approximate surface area is 360 Å². The molecule has 0 unspecified atom stereocenters. The van der Waals surface area contributed by atoms with Crippen molar-refractivity contribution in [3.05, 3.63) is 137 Å². The van der Waals surface area contributed by atoms with E-state index in [-0.39, 0.29) is 52.3 Å². The standard InChI is InChI=1S/C21H20Cl2N2O4.C13H14ClNO3.C7H7ClN2O2/c1-11-13(4-6-17(24-3)20(11)23)8-15(12(2)26)21(29)25-10-19(28)14-5-7-18(27)16(22)9-14;1-7-9(4-5-11(15-3)12(7)14)6-10(8(2)16)13(17)18;8-5-3-4(7(12)10-9)1-2-6(5)11/h4-7,9,12,15,26-27H,8,10H2,1-2H3,(H,25,29);4-5,8,10,16H,6H2,1-2H3,(H,17,18);1-3,11H,9H2,(H,10,12)/t12-,15-;8-,10-;/m11./s1. The number of Topliss-reactive ketones (excluding diaryl/α,β-unsaturated/α-hetero) is 1. The molecule has 0 aliphatic rings. The Morgan fingerprint density at radius 2 is 1.14 bits per heavy atom. The zero-order valence-corrected chi connectivity index (χ0v) is 35.1. The van der Waals surface area contributed by atoms with E-state index in [2.05, 4.69) is 15.0 Å². The maximum Gasteiger partial charge on any atom is 0.309 e. The molecule has 312 valence electrons. The predicted molar refractivity (Wildman–Crippen MR) is 226 cm³/mol. The number of phenols is 2. The summed E-state index contributed by atoms with van der Waals surface area (Å²) in [4.78, 5) is 53.4. The molecule has 0 bridgehead atoms. The molecule has 4 atom stereocenters. The number of nitrogens with two attached hydrogens (primary N) is 1. The molecule has 59 heavy (non-hydrogen) atoms. The van der Waals surface area contributed by atoms with Gasteiger partial charge in [0.1, 0.15) is 11.5 Å². The van der Waals surface area contributed by atoms with Crippen molar-refractivity contribution in [1.29, 1.82) is 0 Å². The second kappa shape index (κ2) is 23.2. The number of halogens is 4. The SMILES string of the molecule is NNC(=O)c1ccc(O)c(Cl)c1.[C-]#[N+]c1ccc(C[C@@H](C(=O)NCC(=O)c2ccc(O)c(Cl)c2)[C@@H](C)O)c(C)c1Cl.[C-]#[N+]c1ccc(C[C@@H](C(=O)O)[C@@H](C)O)c(C)c1Cl. The highest BCUT2D eigenvalue weighted by atomic mass is 35.5. The molecule has 0 aromatic heterocycles. The van der Waals surface area contributed by atoms with Crippen molar-refractivity contribution in [3.63, 3.8) is 0 Å². The van der Waals surface area contributed by atoms with Crippen LogP contribution in [0.1, 0.15) is 56.8 Å². The van der Waals surface area contributed by atoms with E-state index in [4.69, 9.17) is 75.6 Å². The van der Waals surface area contributed by atoms with Crippen LogP contribution in [0.3, 0.4) is 0 Å². The van der Waals surface area contributed by atoms with Crippen LogP contribution in [0, 0.1) is 38.8 Å². The first-order valence-electron chi connectivity index (χ1n) is 17.4. The van der Waals surface area contributed by atoms with Crippen molar-refractivity contribution in [2.45, 2.75) is 52.7 Å². The van der Waals surface area contributed by atoms with Crippen LogP contribution in [0.25, 0.3) is 9.69 Å². The fourth-order valence-corrected chi connectivity index (χ4v) is 6.08. The third-order valence-electron chi connectivity index (χ3n) is 8.93. The molecule has 2 amide bonds. The summed E-state index contributed by atoms with van der Waals surface area (Å²) in [5, 5.41) is 50.3. The minimum atomic E-state index is -1.05. The number of amides is 2. The number of carbonyl (C=O) groups excluding carboxylic acids is 3. The van der Waals surface area contributed by atoms with Gasteiger partial charge in [0.15, 0.2) is 5.78 Å². The van der Waals surface area contributed by atoms with Gasteiger partial charge in [-0.05, 0) is 99.2 Å². The number of nitrogens with zero attached hydrogens (tertiary/aromatic N) is 2. The lowest BCUT2D eigenvalue weighted by Crippen LogP contribution is -2.40. The van der Waals surface area contributed by atoms with Crippen LogP contribution in [0.2, 0.25) is 20.1 Å². The number of carboxylic acid groups (broad SMARTS) is 1. The lowest BCUT2D eigenvalue weighted by Gasteiger charge is -2.21. The van der Waals surface area contributed by atoms with E-state index >= 15 is 0 Å². The van der Waals surface area contributed by atoms with Gasteiger partial charge >= 0.3 is 5.97 Å². The third kappa shape index (κ3) is 14.1. The van der Waals surface area contributed by atoms with Gasteiger partial charge in [-0.25, -0.2) is 15.5 Å². The number of rotatable bonds is 12. The Morgan fingerprint density at radius 3 is 1.53 bits per heavy atom. The van der Waals surface area contributed by atoms with Gasteiger partial charge in [0.2, 0.25) is 17.3 Å². The number of carbonyl (C=O) groups is 4. The van der Waals surface area contributed by atoms with Crippen molar-refractivity contribution < 1.29 is 44.7 Å². The van der Waals surface area contributed by atoms with E-state index in [1.54, 1.807) is 38.1 Å². The van der Waals surface area contributed by atoms with E-state index in [1.807, 2.05) is 5.43 Å². The van der Waals surface area contributed by atoms with E-state index < -0.39 is 41.8 Å². The van der Waals surface area contributed by atoms with Crippen LogP contribution in [0.5, 0.6) is 11.5 Å². The van der Waals surface area contributed by atoms with Crippen LogP contribution in [0.15, 0.2) is 60.7 Å². The Morgan fingerprint density at radius 1 is 0.712 bits per heavy atom. The Kier molecular flexibility index (Phi) is 19.6. The minimum Gasteiger partial charge on any atom is -0.506 e. The Balaban J connectivity index is 0.000000339. The number of hydrogen-bond acceptors (Lipinski definition) is 9. The number of hydrazine groups is 1. The van der Waals surface area contributed by atoms with Gasteiger partial charge < -0.3 is 30.8 Å². The summed E-state index contributed by atoms with van der Waals surface area (Å²) in [6.45, 7) is 20.2. The molecule has 0 fully saturated rings. The highest BCUT2D eigenvalue weighted by Gasteiger charge is 2.27. The highest BCUT2D eigenvalue weighted by Crippen LogP contribution is 2.33. The van der Waals surface area contributed by atoms with Gasteiger partial charge in [-0.3, -0.25) is 24.6 Å². The second-order valence-corrected chi connectivity index (χ2v) is 14.5. The summed E-state index contributed by atoms with van der Waals surface area (Å²) in [5.74, 6) is 0.640. The Bertz CT molecular complexity index is 2270. The van der Waals surface area contributed by atoms with Crippen molar-refractivity contribution in [2.75, 3.05) is 6.54 Å². The first kappa shape index (κ1) is 49.7. The summed E-state index contributed by atoms with van der Waals surface area (Å²) in [6, 6.07) is 14.7. The Hall–Kier alpha value is -5.42. The van der Waals surface area contributed by atoms with Crippen LogP contribution < -0.4 is 16.6 Å². The summed E-state index contributed by atoms with van der Waals surface area (Å²) in [7, 11) is 0. The fourth-order valence-electron chi connectivity index (χ4n) is 5.27. The van der Waals surface area contributed by atoms with E-state index in [0.29, 0.717) is 38.1 Å². The molecule has 0 aliphatic carbocycles. The molecule has 14 nitrogen and oxygen atoms in total. The number of phenolic OH excluding ortho intramolecular Hbond substituents is 2. The number of nitrogens with one attached hydrogen (secondary N) is 2. The molecule has 0 saturated heterocycles. The molecule has 0 saturated carbocycles. The summed E-state index contributed by atoms with van der Waals surface area (Å²) in [5.41, 5.74) is 6.02. The summed E-state index contributed by atoms with van der Waals surface area (Å²) in [6.07, 6.45) is -1.52. The van der Waals surface area contributed by atoms with Crippen molar-refractivity contribution in [3.8, 4) is 11.5 Å². The van der Waals surface area contributed by atoms with Gasteiger partial charge in [0.05, 0.1) is 63.8 Å². The van der Waals surface area contributed by atoms with E-state index in [9.17, 15) is 34.5 Å². The maximum absolute atomic E-state index is 12.6. The fraction of sp³-hybridized carbons (Fsp3) is 0.268. The first-order chi connectivity index (χ1) is 27.7. The van der Waals surface area contributed by atoms with Crippen molar-refractivity contribution >= 4 is 81.3 Å². The number of aliphatic hydroxyl groups excluding tert-OH is 2. The van der Waals surface area contributed by atoms with Crippen LogP contribution in [-0.2, 0) is 22.4 Å². The number of aromatic hydroxyl groups is 2. The molecular formula is C41H41Cl4N5O9. The molecule has 4 aromatic carbocycles. The quantitative estimate of drug-likeness (QED) is 0.0229. The largest absolute Gasteiger partial charge is 0.506 e. The predicted octanol–water partition coefficient (Wildman–Crippen LogP) is 7.57. The van der Waals surface area contributed by atoms with Crippen LogP contribution >= 0.6 is 46.4 Å². The number of carboxylic acids is 1. The van der Waals surface area contributed by atoms with Crippen molar-refractivity contribution in [2.24, 2.45) is 17.7 Å². The smallest absolute Gasteiger partial charge is 0.309 e. The molecule has 18 heteroatoms. The molecule has 0 aliphatic heterocycles. The molecule has 9 N–H and O–H groups in total. The average Bonchev–Trinajstić information content (AvgIpc) is 3.19. The van der Waals surface area contributed by atoms with Crippen molar-refractivity contribution in [1.82, 2.24) is 10.7 Å². The van der Waals surface area contributed by atoms with Gasteiger partial charge in [0, 0.05) is 11.1 Å². The molecule has 0 radical (unpaired) electrons. The highest BCUT2D eigenvalue weighted by molar-refractivity contribution is 6.34. The maximum atomic E-state index is 12.6. The lowest BCUT2D eigenvalue weighted by atomic mass is 9.91. The molecule has 4 rings (SSSR count). The topological polar surface area (TPSA) is 228 Å². The molecular weight excluding hydrogens is 848 g/mol. The lowest BCUT2D eigenvalue weighted by molar-refractivity contribution is -0.145. The van der Waals surface area contributed by atoms with E-state index in [0.717, 1.165) is 11.1 Å². The van der Waals surface area contributed by atoms with E-state index in [1.165, 1.54) is 50.2 Å². The summed E-state index contributed by atoms with van der Waals surface area (Å²) >= 11 is 23.5. The number of aliphatic hydroxyl groups is 2. The van der Waals surface area contributed by atoms with Gasteiger partial charge in [-0.1, -0.05) is 70.7 Å². The molecule has 4 aromatic rings. The van der Waals surface area contributed by atoms with Crippen LogP contribution in [0.4, 0.5) is 11.4 Å². The minimum absolute atomic E-state index is 0.0410. The second-order valence-electron chi connectivity index (χ2n) is 13.0. The third-order valence-corrected chi connectivity index (χ3v) is 10.5. The first-order valence-corrected chi connectivity index (χ1v) is 18.9. The summed E-state index contributed by atoms with van der Waals surface area (Å²) < 4.78 is 0.